The van der Waals surface area contributed by atoms with Crippen LogP contribution in [0.3, 0.4) is 0 Å². The second-order valence-electron chi connectivity index (χ2n) is 4.03. The van der Waals surface area contributed by atoms with Crippen molar-refractivity contribution in [2.45, 2.75) is 0 Å². The van der Waals surface area contributed by atoms with E-state index in [-0.39, 0.29) is 7.92 Å². The molecule has 0 saturated carbocycles. The third-order valence-corrected chi connectivity index (χ3v) is 2.96. The minimum absolute atomic E-state index is 0.220. The van der Waals surface area contributed by atoms with Crippen molar-refractivity contribution in [2.75, 3.05) is 19.5 Å². The minimum Gasteiger partial charge on any atom is -0.214 e. The van der Waals surface area contributed by atoms with Gasteiger partial charge in [0.15, 0.2) is 0 Å². The Morgan fingerprint density at radius 2 is 1.50 bits per heavy atom. The summed E-state index contributed by atoms with van der Waals surface area (Å²) in [5.74, 6) is 0. The van der Waals surface area contributed by atoms with E-state index in [4.69, 9.17) is 29.5 Å². The second-order valence-corrected chi connectivity index (χ2v) is 13.5. The van der Waals surface area contributed by atoms with Gasteiger partial charge in [0.2, 0.25) is 0 Å². The Morgan fingerprint density at radius 3 is 1.85 bits per heavy atom. The molecule has 112 valence electrons. The number of rotatable bonds is 3. The van der Waals surface area contributed by atoms with Crippen LogP contribution in [0, 0.1) is 6.42 Å². The molecule has 2 rings (SSSR count). The molecule has 0 unspecified atom stereocenters. The van der Waals surface area contributed by atoms with E-state index in [0.29, 0.717) is 0 Å². The molecule has 0 heterocycles. The summed E-state index contributed by atoms with van der Waals surface area (Å²) in [4.78, 5) is 0. The van der Waals surface area contributed by atoms with Crippen molar-refractivity contribution in [3.63, 3.8) is 0 Å². The van der Waals surface area contributed by atoms with Crippen molar-refractivity contribution in [1.82, 2.24) is 0 Å². The fourth-order valence-electron chi connectivity index (χ4n) is 1.20. The molecule has 0 aliphatic carbocycles. The van der Waals surface area contributed by atoms with E-state index in [0.717, 1.165) is 0 Å². The van der Waals surface area contributed by atoms with Crippen LogP contribution in [-0.2, 0) is 12.3 Å². The smallest absolute Gasteiger partial charge is 0.172 e. The molecular weight excluding hydrogens is 368 g/mol. The van der Waals surface area contributed by atoms with Gasteiger partial charge in [-0.25, -0.2) is 12.1 Å². The van der Waals surface area contributed by atoms with Crippen LogP contribution >= 0.6 is 37.5 Å². The molecule has 0 aliphatic rings. The largest absolute Gasteiger partial charge is 0.214 e. The summed E-state index contributed by atoms with van der Waals surface area (Å²) in [7, 11) is 15.1. The van der Waals surface area contributed by atoms with Gasteiger partial charge in [0, 0.05) is 0 Å². The summed E-state index contributed by atoms with van der Waals surface area (Å²) in [5, 5.41) is 0. The maximum atomic E-state index is 4.95. The second kappa shape index (κ2) is 14.3. The molecule has 0 atom stereocenters. The van der Waals surface area contributed by atoms with E-state index in [9.17, 15) is 0 Å². The summed E-state index contributed by atoms with van der Waals surface area (Å²) in [6.45, 7) is 4.60. The summed E-state index contributed by atoms with van der Waals surface area (Å²) in [6, 6.07) is 20.5. The number of benzene rings is 1. The van der Waals surface area contributed by atoms with Crippen LogP contribution in [0.5, 0.6) is 0 Å². The SMILES string of the molecule is CP(C)C[CH-]c1ccccc1.[Cl][V]([Cl])[Cl].c1cc[cH-]c1. The van der Waals surface area contributed by atoms with E-state index in [1.54, 1.807) is 0 Å². The monoisotopic (exact) mass is 386 g/mol. The Labute approximate surface area is 141 Å². The Balaban J connectivity index is 0.000000331. The molecule has 0 radical (unpaired) electrons. The molecule has 0 nitrogen and oxygen atoms in total. The van der Waals surface area contributed by atoms with E-state index in [2.05, 4.69) is 50.1 Å². The first-order valence-electron chi connectivity index (χ1n) is 5.99. The van der Waals surface area contributed by atoms with Crippen LogP contribution in [0.2, 0.25) is 0 Å². The minimum atomic E-state index is -1.77. The van der Waals surface area contributed by atoms with Gasteiger partial charge in [-0.2, -0.15) is 42.3 Å². The van der Waals surface area contributed by atoms with E-state index >= 15 is 0 Å². The molecule has 0 fully saturated rings. The molecule has 0 amide bonds. The van der Waals surface area contributed by atoms with Crippen molar-refractivity contribution < 1.29 is 12.3 Å². The molecule has 0 aromatic heterocycles. The first-order chi connectivity index (χ1) is 9.52. The van der Waals surface area contributed by atoms with E-state index < -0.39 is 12.3 Å². The standard InChI is InChI=1S/C10H14P.C5H5.3ClH.V/c1-11(2)9-8-10-6-4-3-5-7-10;1-2-4-5-3-1;;;;/h3-8H,9H2,1-2H3;1-5H;3*1H;/q2*-1;;;;+3/p-3. The Morgan fingerprint density at radius 1 is 1.00 bits per heavy atom. The van der Waals surface area contributed by atoms with Crippen LogP contribution < -0.4 is 0 Å². The van der Waals surface area contributed by atoms with Gasteiger partial charge in [-0.15, -0.1) is 20.1 Å². The predicted octanol–water partition coefficient (Wildman–Crippen LogP) is 6.45. The molecule has 20 heavy (non-hydrogen) atoms. The van der Waals surface area contributed by atoms with Gasteiger partial charge in [-0.05, 0) is 13.3 Å². The maximum absolute atomic E-state index is 4.95. The van der Waals surface area contributed by atoms with Gasteiger partial charge < -0.3 is 0 Å². The van der Waals surface area contributed by atoms with Gasteiger partial charge in [0.05, 0.1) is 0 Å². The number of halogens is 3. The fraction of sp³-hybridized carbons (Fsp3) is 0.200. The van der Waals surface area contributed by atoms with Crippen molar-refractivity contribution >= 4 is 37.5 Å². The normalized spacial score (nSPS) is 9.35. The average molecular weight is 388 g/mol. The fourth-order valence-corrected chi connectivity index (χ4v) is 1.77. The third-order valence-electron chi connectivity index (χ3n) is 2.05. The Kier molecular flexibility index (Phi) is 14.5. The predicted molar refractivity (Wildman–Crippen MR) is 93.1 cm³/mol. The zero-order valence-corrected chi connectivity index (χ0v) is 16.1. The van der Waals surface area contributed by atoms with Gasteiger partial charge in [0.25, 0.3) is 0 Å². The van der Waals surface area contributed by atoms with Crippen LogP contribution in [0.15, 0.2) is 60.7 Å². The van der Waals surface area contributed by atoms with Crippen molar-refractivity contribution in [1.29, 1.82) is 0 Å². The first kappa shape index (κ1) is 20.3. The average Bonchev–Trinajstić information content (AvgIpc) is 2.96. The third kappa shape index (κ3) is 16.4. The van der Waals surface area contributed by atoms with Crippen molar-refractivity contribution in [3.8, 4) is 0 Å². The first-order valence-corrected chi connectivity index (χ1v) is 14.2. The summed E-state index contributed by atoms with van der Waals surface area (Å²) in [5.41, 5.74) is 1.35. The summed E-state index contributed by atoms with van der Waals surface area (Å²) in [6.07, 6.45) is 3.55. The molecule has 0 saturated heterocycles. The van der Waals surface area contributed by atoms with E-state index in [1.807, 2.05) is 30.3 Å². The quantitative estimate of drug-likeness (QED) is 0.419. The summed E-state index contributed by atoms with van der Waals surface area (Å²) >= 11 is -1.77. The molecular formula is C15H19Cl3PV-2. The van der Waals surface area contributed by atoms with Gasteiger partial charge in [-0.1, -0.05) is 12.2 Å². The topological polar surface area (TPSA) is 0 Å². The molecule has 0 spiro atoms. The number of hydrogen-bond donors (Lipinski definition) is 0. The summed E-state index contributed by atoms with van der Waals surface area (Å²) < 4.78 is 0. The van der Waals surface area contributed by atoms with Crippen LogP contribution in [0.25, 0.3) is 0 Å². The molecule has 0 bridgehead atoms. The van der Waals surface area contributed by atoms with Crippen molar-refractivity contribution in [3.05, 3.63) is 72.6 Å². The molecule has 2 aromatic rings. The van der Waals surface area contributed by atoms with Crippen LogP contribution in [-0.4, -0.2) is 19.5 Å². The van der Waals surface area contributed by atoms with Crippen LogP contribution in [0.4, 0.5) is 0 Å². The number of hydrogen-bond acceptors (Lipinski definition) is 0. The Hall–Kier alpha value is 0.324. The van der Waals surface area contributed by atoms with Gasteiger partial charge in [-0.3, -0.25) is 0 Å². The maximum Gasteiger partial charge on any atom is -0.172 e. The molecule has 2 aromatic carbocycles. The Bertz CT molecular complexity index is 371. The zero-order valence-electron chi connectivity index (χ0n) is 11.6. The molecule has 0 aliphatic heterocycles. The van der Waals surface area contributed by atoms with Gasteiger partial charge in [0.1, 0.15) is 0 Å². The molecule has 0 N–H and O–H groups in total. The van der Waals surface area contributed by atoms with Gasteiger partial charge >= 0.3 is 41.8 Å². The molecule has 5 heteroatoms. The van der Waals surface area contributed by atoms with E-state index in [1.165, 1.54) is 11.7 Å². The zero-order chi connectivity index (χ0) is 15.2. The van der Waals surface area contributed by atoms with Crippen LogP contribution in [0.1, 0.15) is 5.56 Å². The van der Waals surface area contributed by atoms with Crippen molar-refractivity contribution in [2.24, 2.45) is 0 Å².